The molecule has 114 valence electrons. The van der Waals surface area contributed by atoms with E-state index in [9.17, 15) is 14.4 Å². The van der Waals surface area contributed by atoms with Gasteiger partial charge in [-0.15, -0.1) is 0 Å². The van der Waals surface area contributed by atoms with E-state index in [-0.39, 0.29) is 0 Å². The van der Waals surface area contributed by atoms with Gasteiger partial charge in [0.25, 0.3) is 0 Å². The molecule has 1 aromatic rings. The van der Waals surface area contributed by atoms with Crippen LogP contribution in [0.4, 0.5) is 9.59 Å². The first-order valence-electron chi connectivity index (χ1n) is 6.57. The minimum absolute atomic E-state index is 0.319. The molecule has 7 heteroatoms. The van der Waals surface area contributed by atoms with Gasteiger partial charge >= 0.3 is 18.2 Å². The Morgan fingerprint density at radius 3 is 2.14 bits per heavy atom. The first-order valence-corrected chi connectivity index (χ1v) is 6.57. The first-order chi connectivity index (χ1) is 10.1. The highest BCUT2D eigenvalue weighted by Gasteiger charge is 2.28. The van der Waals surface area contributed by atoms with Gasteiger partial charge in [-0.05, 0) is 13.8 Å². The molecular weight excluding hydrogens is 276 g/mol. The first kappa shape index (κ1) is 16.5. The summed E-state index contributed by atoms with van der Waals surface area (Å²) in [6.45, 7) is 4.07. The summed E-state index contributed by atoms with van der Waals surface area (Å²) < 4.78 is 9.61. The average molecular weight is 294 g/mol. The van der Waals surface area contributed by atoms with Crippen LogP contribution in [0.3, 0.4) is 0 Å². The maximum atomic E-state index is 12.0. The van der Waals surface area contributed by atoms with Crippen LogP contribution in [0.5, 0.6) is 0 Å². The van der Waals surface area contributed by atoms with Crippen molar-refractivity contribution in [3.05, 3.63) is 35.9 Å². The lowest BCUT2D eigenvalue weighted by atomic mass is 10.1. The number of amides is 2. The molecule has 1 atom stereocenters. The molecule has 0 spiro atoms. The maximum absolute atomic E-state index is 12.0. The Morgan fingerprint density at radius 1 is 1.00 bits per heavy atom. The number of esters is 1. The fourth-order valence-corrected chi connectivity index (χ4v) is 1.50. The molecule has 1 aromatic carbocycles. The lowest BCUT2D eigenvalue weighted by Crippen LogP contribution is -2.33. The van der Waals surface area contributed by atoms with E-state index in [1.807, 2.05) is 0 Å². The molecule has 7 nitrogen and oxygen atoms in total. The van der Waals surface area contributed by atoms with E-state index in [2.05, 4.69) is 15.4 Å². The Hall–Kier alpha value is -2.57. The van der Waals surface area contributed by atoms with Crippen LogP contribution in [0.15, 0.2) is 30.3 Å². The van der Waals surface area contributed by atoms with Gasteiger partial charge in [0.05, 0.1) is 0 Å². The molecule has 0 fully saturated rings. The van der Waals surface area contributed by atoms with E-state index in [4.69, 9.17) is 4.74 Å². The third-order valence-corrected chi connectivity index (χ3v) is 2.38. The largest absolute Gasteiger partial charge is 0.429 e. The smallest absolute Gasteiger partial charge is 0.414 e. The summed E-state index contributed by atoms with van der Waals surface area (Å²) in [4.78, 5) is 34.8. The molecule has 0 aliphatic carbocycles. The zero-order valence-electron chi connectivity index (χ0n) is 11.9. The molecule has 1 rings (SSSR count). The van der Waals surface area contributed by atoms with E-state index in [0.29, 0.717) is 18.7 Å². The Labute approximate surface area is 122 Å². The zero-order valence-corrected chi connectivity index (χ0v) is 11.9. The van der Waals surface area contributed by atoms with Crippen LogP contribution >= 0.6 is 0 Å². The quantitative estimate of drug-likeness (QED) is 0.637. The summed E-state index contributed by atoms with van der Waals surface area (Å²) in [7, 11) is 0. The highest BCUT2D eigenvalue weighted by molar-refractivity contribution is 5.89. The zero-order chi connectivity index (χ0) is 15.7. The summed E-state index contributed by atoms with van der Waals surface area (Å²) in [5.74, 6) is -0.960. The molecule has 2 amide bonds. The molecule has 1 unspecified atom stereocenters. The van der Waals surface area contributed by atoms with Crippen molar-refractivity contribution in [3.63, 3.8) is 0 Å². The number of hydrogen-bond donors (Lipinski definition) is 2. The van der Waals surface area contributed by atoms with Gasteiger partial charge in [0, 0.05) is 18.7 Å². The summed E-state index contributed by atoms with van der Waals surface area (Å²) in [6.07, 6.45) is -2.96. The van der Waals surface area contributed by atoms with E-state index >= 15 is 0 Å². The van der Waals surface area contributed by atoms with E-state index in [1.165, 1.54) is 0 Å². The van der Waals surface area contributed by atoms with Crippen molar-refractivity contribution in [2.75, 3.05) is 13.1 Å². The number of ether oxygens (including phenoxy) is 2. The van der Waals surface area contributed by atoms with Crippen LogP contribution in [0.25, 0.3) is 0 Å². The predicted molar refractivity (Wildman–Crippen MR) is 74.5 cm³/mol. The van der Waals surface area contributed by atoms with Gasteiger partial charge in [-0.3, -0.25) is 0 Å². The van der Waals surface area contributed by atoms with Gasteiger partial charge in [0.2, 0.25) is 6.10 Å². The molecular formula is C14H18N2O5. The number of carbonyl (C=O) groups is 3. The van der Waals surface area contributed by atoms with Crippen LogP contribution < -0.4 is 10.6 Å². The molecule has 0 aliphatic heterocycles. The lowest BCUT2D eigenvalue weighted by Gasteiger charge is -2.16. The van der Waals surface area contributed by atoms with Crippen LogP contribution in [-0.4, -0.2) is 31.2 Å². The van der Waals surface area contributed by atoms with E-state index < -0.39 is 24.3 Å². The molecule has 0 aliphatic rings. The summed E-state index contributed by atoms with van der Waals surface area (Å²) in [5.41, 5.74) is 0.415. The molecule has 0 aromatic heterocycles. The van der Waals surface area contributed by atoms with Crippen LogP contribution in [0.2, 0.25) is 0 Å². The second-order valence-corrected chi connectivity index (χ2v) is 3.97. The van der Waals surface area contributed by atoms with Crippen LogP contribution in [-0.2, 0) is 14.3 Å². The molecule has 21 heavy (non-hydrogen) atoms. The molecule has 0 saturated heterocycles. The number of benzene rings is 1. The normalized spacial score (nSPS) is 11.1. The Bertz CT molecular complexity index is 489. The number of alkyl carbamates (subject to hydrolysis) is 2. The number of hydrogen-bond acceptors (Lipinski definition) is 5. The number of rotatable bonds is 5. The van der Waals surface area contributed by atoms with Crippen LogP contribution in [0.1, 0.15) is 25.5 Å². The minimum atomic E-state index is -1.31. The molecule has 2 N–H and O–H groups in total. The number of nitrogens with one attached hydrogen (secondary N) is 2. The topological polar surface area (TPSA) is 93.7 Å². The van der Waals surface area contributed by atoms with Gasteiger partial charge in [0.15, 0.2) is 0 Å². The van der Waals surface area contributed by atoms with Crippen molar-refractivity contribution in [1.29, 1.82) is 0 Å². The summed E-state index contributed by atoms with van der Waals surface area (Å²) in [6, 6.07) is 8.32. The molecule has 0 bridgehead atoms. The highest BCUT2D eigenvalue weighted by Crippen LogP contribution is 2.19. The fraction of sp³-hybridized carbons (Fsp3) is 0.357. The van der Waals surface area contributed by atoms with E-state index in [0.717, 1.165) is 0 Å². The van der Waals surface area contributed by atoms with E-state index in [1.54, 1.807) is 44.2 Å². The summed E-state index contributed by atoms with van der Waals surface area (Å²) >= 11 is 0. The van der Waals surface area contributed by atoms with Gasteiger partial charge in [-0.1, -0.05) is 30.3 Å². The van der Waals surface area contributed by atoms with Crippen molar-refractivity contribution < 1.29 is 23.9 Å². The van der Waals surface area contributed by atoms with Crippen molar-refractivity contribution in [2.45, 2.75) is 20.0 Å². The average Bonchev–Trinajstić information content (AvgIpc) is 2.46. The maximum Gasteiger partial charge on any atom is 0.414 e. The second kappa shape index (κ2) is 8.57. The van der Waals surface area contributed by atoms with Gasteiger partial charge in [-0.25, -0.2) is 14.4 Å². The molecule has 0 saturated carbocycles. The fourth-order valence-electron chi connectivity index (χ4n) is 1.50. The predicted octanol–water partition coefficient (Wildman–Crippen LogP) is 1.75. The highest BCUT2D eigenvalue weighted by atomic mass is 16.6. The monoisotopic (exact) mass is 294 g/mol. The van der Waals surface area contributed by atoms with Crippen molar-refractivity contribution in [2.24, 2.45) is 0 Å². The van der Waals surface area contributed by atoms with Crippen molar-refractivity contribution in [3.8, 4) is 0 Å². The van der Waals surface area contributed by atoms with Crippen molar-refractivity contribution >= 4 is 18.2 Å². The Kier molecular flexibility index (Phi) is 6.73. The Morgan fingerprint density at radius 2 is 1.57 bits per heavy atom. The lowest BCUT2D eigenvalue weighted by molar-refractivity contribution is -0.147. The van der Waals surface area contributed by atoms with Gasteiger partial charge < -0.3 is 20.1 Å². The molecule has 0 heterocycles. The second-order valence-electron chi connectivity index (χ2n) is 3.97. The van der Waals surface area contributed by atoms with Gasteiger partial charge in [-0.2, -0.15) is 0 Å². The molecule has 0 radical (unpaired) electrons. The standard InChI is InChI=1S/C14H18N2O5/c1-3-15-13(18)20-11(10-8-6-5-7-9-10)12(17)21-14(19)16-4-2/h5-9,11H,3-4H2,1-2H3,(H,15,18)(H,16,19). The Balaban J connectivity index is 2.83. The summed E-state index contributed by atoms with van der Waals surface area (Å²) in [5, 5.41) is 4.73. The van der Waals surface area contributed by atoms with Gasteiger partial charge in [0.1, 0.15) is 0 Å². The minimum Gasteiger partial charge on any atom is -0.429 e. The number of carbonyl (C=O) groups excluding carboxylic acids is 3. The van der Waals surface area contributed by atoms with Crippen LogP contribution in [0, 0.1) is 0 Å². The third kappa shape index (κ3) is 5.52. The third-order valence-electron chi connectivity index (χ3n) is 2.38. The SMILES string of the molecule is CCNC(=O)OC(=O)C(OC(=O)NCC)c1ccccc1. The van der Waals surface area contributed by atoms with Crippen molar-refractivity contribution in [1.82, 2.24) is 10.6 Å².